The third-order valence-corrected chi connectivity index (χ3v) is 5.23. The van der Waals surface area contributed by atoms with Crippen molar-refractivity contribution in [3.8, 4) is 22.9 Å². The van der Waals surface area contributed by atoms with Gasteiger partial charge in [-0.15, -0.1) is 0 Å². The molecule has 1 saturated heterocycles. The van der Waals surface area contributed by atoms with Gasteiger partial charge in [0.1, 0.15) is 5.82 Å². The quantitative estimate of drug-likeness (QED) is 0.593. The summed E-state index contributed by atoms with van der Waals surface area (Å²) in [5.74, 6) is 1.74. The lowest BCUT2D eigenvalue weighted by atomic mass is 10.1. The minimum atomic E-state index is -0.325. The van der Waals surface area contributed by atoms with Crippen LogP contribution < -0.4 is 9.47 Å². The van der Waals surface area contributed by atoms with Crippen molar-refractivity contribution in [2.45, 2.75) is 18.8 Å². The fourth-order valence-electron chi connectivity index (χ4n) is 3.57. The van der Waals surface area contributed by atoms with Crippen LogP contribution in [0.3, 0.4) is 0 Å². The van der Waals surface area contributed by atoms with E-state index in [2.05, 4.69) is 10.1 Å². The van der Waals surface area contributed by atoms with E-state index in [-0.39, 0.29) is 17.6 Å². The van der Waals surface area contributed by atoms with Crippen LogP contribution in [0.5, 0.6) is 11.5 Å². The van der Waals surface area contributed by atoms with Crippen LogP contribution >= 0.6 is 0 Å². The molecular weight excluding hydrogens is 389 g/mol. The number of aromatic nitrogens is 2. The molecule has 4 rings (SSSR count). The van der Waals surface area contributed by atoms with E-state index in [0.29, 0.717) is 54.7 Å². The zero-order valence-corrected chi connectivity index (χ0v) is 16.8. The summed E-state index contributed by atoms with van der Waals surface area (Å²) >= 11 is 0. The number of hydrogen-bond acceptors (Lipinski definition) is 6. The molecule has 0 aliphatic carbocycles. The minimum absolute atomic E-state index is 0.0574. The summed E-state index contributed by atoms with van der Waals surface area (Å²) in [6.45, 7) is 1.11. The highest BCUT2D eigenvalue weighted by molar-refractivity contribution is 5.79. The molecule has 30 heavy (non-hydrogen) atoms. The maximum Gasteiger partial charge on any atom is 0.232 e. The Hall–Kier alpha value is -3.42. The van der Waals surface area contributed by atoms with Crippen molar-refractivity contribution in [2.24, 2.45) is 0 Å². The van der Waals surface area contributed by atoms with Crippen LogP contribution in [0, 0.1) is 5.82 Å². The highest BCUT2D eigenvalue weighted by Crippen LogP contribution is 2.30. The van der Waals surface area contributed by atoms with Crippen LogP contribution in [0.25, 0.3) is 11.4 Å². The zero-order chi connectivity index (χ0) is 21.1. The maximum atomic E-state index is 13.1. The lowest BCUT2D eigenvalue weighted by Gasteiger charge is -2.16. The van der Waals surface area contributed by atoms with Gasteiger partial charge >= 0.3 is 0 Å². The van der Waals surface area contributed by atoms with Crippen molar-refractivity contribution < 1.29 is 23.2 Å². The second-order valence-corrected chi connectivity index (χ2v) is 7.14. The van der Waals surface area contributed by atoms with Gasteiger partial charge in [-0.3, -0.25) is 4.79 Å². The molecule has 2 aromatic carbocycles. The van der Waals surface area contributed by atoms with Gasteiger partial charge in [-0.05, 0) is 48.4 Å². The molecule has 7 nitrogen and oxygen atoms in total. The van der Waals surface area contributed by atoms with Gasteiger partial charge in [-0.25, -0.2) is 4.39 Å². The van der Waals surface area contributed by atoms with Crippen LogP contribution in [-0.4, -0.2) is 48.3 Å². The predicted molar refractivity (Wildman–Crippen MR) is 107 cm³/mol. The molecule has 1 amide bonds. The third-order valence-electron chi connectivity index (χ3n) is 5.23. The van der Waals surface area contributed by atoms with Crippen LogP contribution in [0.2, 0.25) is 0 Å². The van der Waals surface area contributed by atoms with E-state index in [9.17, 15) is 9.18 Å². The number of carbonyl (C=O) groups excluding carboxylic acids is 1. The third kappa shape index (κ3) is 4.12. The van der Waals surface area contributed by atoms with E-state index < -0.39 is 0 Å². The molecule has 0 N–H and O–H groups in total. The summed E-state index contributed by atoms with van der Waals surface area (Å²) in [6.07, 6.45) is 1.03. The molecule has 3 aromatic rings. The lowest BCUT2D eigenvalue weighted by Crippen LogP contribution is -2.27. The van der Waals surface area contributed by atoms with Gasteiger partial charge in [-0.1, -0.05) is 11.2 Å². The number of rotatable bonds is 7. The van der Waals surface area contributed by atoms with Crippen molar-refractivity contribution in [1.82, 2.24) is 15.0 Å². The van der Waals surface area contributed by atoms with E-state index in [1.165, 1.54) is 12.1 Å². The Morgan fingerprint density at radius 1 is 1.13 bits per heavy atom. The first-order valence-electron chi connectivity index (χ1n) is 9.65. The first-order chi connectivity index (χ1) is 14.6. The average Bonchev–Trinajstić information content (AvgIpc) is 3.39. The number of likely N-dealkylation sites (tertiary alicyclic amines) is 1. The van der Waals surface area contributed by atoms with Gasteiger partial charge in [0.2, 0.25) is 17.6 Å². The molecule has 8 heteroatoms. The van der Waals surface area contributed by atoms with Crippen molar-refractivity contribution in [1.29, 1.82) is 0 Å². The van der Waals surface area contributed by atoms with E-state index in [1.807, 2.05) is 23.1 Å². The summed E-state index contributed by atoms with van der Waals surface area (Å²) in [6, 6.07) is 11.6. The summed E-state index contributed by atoms with van der Waals surface area (Å²) in [7, 11) is 3.19. The second-order valence-electron chi connectivity index (χ2n) is 7.14. The molecule has 0 spiro atoms. The largest absolute Gasteiger partial charge is 0.493 e. The first-order valence-corrected chi connectivity index (χ1v) is 9.65. The van der Waals surface area contributed by atoms with Crippen molar-refractivity contribution in [3.63, 3.8) is 0 Å². The predicted octanol–water partition coefficient (Wildman–Crippen LogP) is 3.45. The molecule has 1 unspecified atom stereocenters. The molecule has 1 aromatic heterocycles. The number of nitrogens with zero attached hydrogens (tertiary/aromatic N) is 3. The van der Waals surface area contributed by atoms with Crippen molar-refractivity contribution in [3.05, 3.63) is 59.7 Å². The fourth-order valence-corrected chi connectivity index (χ4v) is 3.57. The Labute approximate surface area is 173 Å². The minimum Gasteiger partial charge on any atom is -0.493 e. The van der Waals surface area contributed by atoms with Crippen LogP contribution in [0.4, 0.5) is 4.39 Å². The number of carbonyl (C=O) groups is 1. The Kier molecular flexibility index (Phi) is 5.65. The maximum absolute atomic E-state index is 13.1. The van der Waals surface area contributed by atoms with Gasteiger partial charge in [0.05, 0.1) is 20.1 Å². The number of hydrogen-bond donors (Lipinski definition) is 0. The highest BCUT2D eigenvalue weighted by atomic mass is 19.1. The monoisotopic (exact) mass is 411 g/mol. The topological polar surface area (TPSA) is 77.7 Å². The van der Waals surface area contributed by atoms with E-state index >= 15 is 0 Å². The summed E-state index contributed by atoms with van der Waals surface area (Å²) in [5, 5.41) is 3.98. The highest BCUT2D eigenvalue weighted by Gasteiger charge is 2.34. The SMILES string of the molecule is COc1ccc(CCN2CC(c3nc(-c4ccc(F)cc4)no3)CC2=O)cc1OC. The summed E-state index contributed by atoms with van der Waals surface area (Å²) in [5.41, 5.74) is 1.72. The molecule has 1 fully saturated rings. The Bertz CT molecular complexity index is 1040. The van der Waals surface area contributed by atoms with Gasteiger partial charge in [0, 0.05) is 25.1 Å². The number of halogens is 1. The number of amides is 1. The molecule has 0 bridgehead atoms. The Balaban J connectivity index is 1.39. The van der Waals surface area contributed by atoms with E-state index in [4.69, 9.17) is 14.0 Å². The zero-order valence-electron chi connectivity index (χ0n) is 16.8. The van der Waals surface area contributed by atoms with Crippen molar-refractivity contribution >= 4 is 5.91 Å². The molecule has 2 heterocycles. The molecule has 0 saturated carbocycles. The van der Waals surface area contributed by atoms with Crippen LogP contribution in [-0.2, 0) is 11.2 Å². The number of methoxy groups -OCH3 is 2. The van der Waals surface area contributed by atoms with E-state index in [0.717, 1.165) is 5.56 Å². The molecule has 156 valence electrons. The lowest BCUT2D eigenvalue weighted by molar-refractivity contribution is -0.127. The van der Waals surface area contributed by atoms with Gasteiger partial charge < -0.3 is 18.9 Å². The molecule has 0 radical (unpaired) electrons. The van der Waals surface area contributed by atoms with E-state index in [1.54, 1.807) is 26.4 Å². The molecule has 1 aliphatic heterocycles. The first kappa shape index (κ1) is 19.9. The molecule has 1 atom stereocenters. The normalized spacial score (nSPS) is 16.2. The van der Waals surface area contributed by atoms with Gasteiger partial charge in [0.25, 0.3) is 0 Å². The molecular formula is C22H22FN3O4. The van der Waals surface area contributed by atoms with Gasteiger partial charge in [0.15, 0.2) is 11.5 Å². The van der Waals surface area contributed by atoms with Crippen molar-refractivity contribution in [2.75, 3.05) is 27.3 Å². The Morgan fingerprint density at radius 3 is 2.63 bits per heavy atom. The fraction of sp³-hybridized carbons (Fsp3) is 0.318. The summed E-state index contributed by atoms with van der Waals surface area (Å²) in [4.78, 5) is 18.7. The van der Waals surface area contributed by atoms with Crippen LogP contribution in [0.15, 0.2) is 47.0 Å². The second kappa shape index (κ2) is 8.52. The number of ether oxygens (including phenoxy) is 2. The summed E-state index contributed by atoms with van der Waals surface area (Å²) < 4.78 is 29.1. The standard InChI is InChI=1S/C22H22FN3O4/c1-28-18-8-3-14(11-19(18)29-2)9-10-26-13-16(12-20(26)27)22-24-21(25-30-22)15-4-6-17(23)7-5-15/h3-8,11,16H,9-10,12-13H2,1-2H3. The smallest absolute Gasteiger partial charge is 0.232 e. The average molecular weight is 411 g/mol. The Morgan fingerprint density at radius 2 is 1.90 bits per heavy atom. The molecule has 1 aliphatic rings. The number of benzene rings is 2. The van der Waals surface area contributed by atoms with Gasteiger partial charge in [-0.2, -0.15) is 4.98 Å². The van der Waals surface area contributed by atoms with Crippen LogP contribution in [0.1, 0.15) is 23.8 Å².